The van der Waals surface area contributed by atoms with Crippen molar-refractivity contribution in [1.82, 2.24) is 0 Å². The maximum atomic E-state index is 12.0. The highest BCUT2D eigenvalue weighted by molar-refractivity contribution is 6.06. The monoisotopic (exact) mass is 250 g/mol. The van der Waals surface area contributed by atoms with Crippen LogP contribution in [0.4, 0.5) is 5.69 Å². The van der Waals surface area contributed by atoms with Gasteiger partial charge in [0.25, 0.3) is 5.69 Å². The number of Topliss-reactive ketones (excluding diaryl/α,β-unsaturated/α-hetero) is 1. The van der Waals surface area contributed by atoms with Gasteiger partial charge in [0.05, 0.1) is 12.0 Å². The summed E-state index contributed by atoms with van der Waals surface area (Å²) in [5.74, 6) is -0.176. The van der Waals surface area contributed by atoms with Crippen LogP contribution in [0, 0.1) is 15.0 Å². The number of fused-ring (bicyclic) bond motifs is 1. The third kappa shape index (κ3) is 1.73. The minimum absolute atomic E-state index is 0.0461. The van der Waals surface area contributed by atoms with Crippen molar-refractivity contribution in [2.45, 2.75) is 18.9 Å². The highest BCUT2D eigenvalue weighted by Crippen LogP contribution is 2.36. The van der Waals surface area contributed by atoms with E-state index >= 15 is 0 Å². The van der Waals surface area contributed by atoms with Crippen molar-refractivity contribution in [1.29, 1.82) is 0 Å². The fraction of sp³-hybridized carbons (Fsp3) is 0.364. The van der Waals surface area contributed by atoms with E-state index in [-0.39, 0.29) is 17.7 Å². The molecule has 1 unspecified atom stereocenters. The molecule has 0 aromatic heterocycles. The molecule has 7 nitrogen and oxygen atoms in total. The predicted molar refractivity (Wildman–Crippen MR) is 61.9 cm³/mol. The minimum Gasteiger partial charge on any atom is -0.496 e. The van der Waals surface area contributed by atoms with Gasteiger partial charge in [0.1, 0.15) is 11.3 Å². The number of rotatable bonds is 3. The van der Waals surface area contributed by atoms with Gasteiger partial charge in [0.15, 0.2) is 11.8 Å². The van der Waals surface area contributed by atoms with Gasteiger partial charge in [-0.25, -0.2) is 0 Å². The second kappa shape index (κ2) is 4.52. The van der Waals surface area contributed by atoms with E-state index in [1.165, 1.54) is 19.2 Å². The predicted octanol–water partition coefficient (Wildman–Crippen LogP) is 1.87. The first kappa shape index (κ1) is 12.2. The summed E-state index contributed by atoms with van der Waals surface area (Å²) < 4.78 is 5.08. The summed E-state index contributed by atoms with van der Waals surface area (Å²) in [6, 6.07) is 1.63. The van der Waals surface area contributed by atoms with Crippen LogP contribution in [0.1, 0.15) is 22.3 Å². The molecule has 18 heavy (non-hydrogen) atoms. The number of methoxy groups -OCH3 is 1. The molecule has 0 N–H and O–H groups in total. The molecule has 0 aliphatic heterocycles. The summed E-state index contributed by atoms with van der Waals surface area (Å²) in [6.07, 6.45) is 0.620. The first-order chi connectivity index (χ1) is 8.60. The third-order valence-electron chi connectivity index (χ3n) is 3.01. The zero-order chi connectivity index (χ0) is 13.3. The standard InChI is InChI=1S/C11H10N2O5/c1-18-9-5-4-8(13(16)17)10-6(9)2-3-7(12-15)11(10)14/h4-5,7H,2-3H2,1H3. The lowest BCUT2D eigenvalue weighted by Gasteiger charge is -2.20. The van der Waals surface area contributed by atoms with Gasteiger partial charge in [-0.2, -0.15) is 4.91 Å². The van der Waals surface area contributed by atoms with E-state index in [1.807, 2.05) is 0 Å². The largest absolute Gasteiger partial charge is 0.496 e. The van der Waals surface area contributed by atoms with Gasteiger partial charge < -0.3 is 4.74 Å². The molecule has 0 saturated heterocycles. The Morgan fingerprint density at radius 2 is 2.22 bits per heavy atom. The van der Waals surface area contributed by atoms with Crippen molar-refractivity contribution in [2.75, 3.05) is 7.11 Å². The van der Waals surface area contributed by atoms with Crippen LogP contribution in [0.15, 0.2) is 17.3 Å². The van der Waals surface area contributed by atoms with Crippen LogP contribution in [-0.2, 0) is 6.42 Å². The van der Waals surface area contributed by atoms with Crippen LogP contribution in [0.5, 0.6) is 5.75 Å². The number of nitro groups is 1. The molecule has 0 saturated carbocycles. The SMILES string of the molecule is COc1ccc([N+](=O)[O-])c2c1CCC(N=O)C2=O. The van der Waals surface area contributed by atoms with Gasteiger partial charge in [-0.3, -0.25) is 14.9 Å². The van der Waals surface area contributed by atoms with Gasteiger partial charge in [0, 0.05) is 11.6 Å². The average molecular weight is 250 g/mol. The summed E-state index contributed by atoms with van der Waals surface area (Å²) in [7, 11) is 1.43. The Labute approximate surface area is 102 Å². The molecule has 1 aromatic carbocycles. The molecule has 0 fully saturated rings. The summed E-state index contributed by atoms with van der Waals surface area (Å²) in [5.41, 5.74) is 0.135. The Kier molecular flexibility index (Phi) is 3.05. The van der Waals surface area contributed by atoms with Gasteiger partial charge in [-0.05, 0) is 18.9 Å². The number of ketones is 1. The Bertz CT molecular complexity index is 540. The van der Waals surface area contributed by atoms with E-state index in [0.717, 1.165) is 0 Å². The average Bonchev–Trinajstić information content (AvgIpc) is 2.37. The first-order valence-electron chi connectivity index (χ1n) is 5.31. The first-order valence-corrected chi connectivity index (χ1v) is 5.31. The van der Waals surface area contributed by atoms with E-state index < -0.39 is 16.7 Å². The normalized spacial score (nSPS) is 18.1. The number of nitro benzene ring substituents is 1. The maximum Gasteiger partial charge on any atom is 0.280 e. The molecule has 1 atom stereocenters. The Hall–Kier alpha value is -2.31. The Morgan fingerprint density at radius 1 is 1.50 bits per heavy atom. The van der Waals surface area contributed by atoms with Gasteiger partial charge in [-0.1, -0.05) is 5.18 Å². The highest BCUT2D eigenvalue weighted by atomic mass is 16.6. The number of hydrogen-bond donors (Lipinski definition) is 0. The maximum absolute atomic E-state index is 12.0. The number of ether oxygens (including phenoxy) is 1. The van der Waals surface area contributed by atoms with Gasteiger partial charge in [-0.15, -0.1) is 0 Å². The second-order valence-corrected chi connectivity index (χ2v) is 3.92. The second-order valence-electron chi connectivity index (χ2n) is 3.92. The van der Waals surface area contributed by atoms with Crippen LogP contribution in [-0.4, -0.2) is 23.9 Å². The van der Waals surface area contributed by atoms with Crippen LogP contribution in [0.2, 0.25) is 0 Å². The topological polar surface area (TPSA) is 98.9 Å². The summed E-state index contributed by atoms with van der Waals surface area (Å²) in [5, 5.41) is 13.6. The number of hydrogen-bond acceptors (Lipinski definition) is 6. The smallest absolute Gasteiger partial charge is 0.280 e. The van der Waals surface area contributed by atoms with E-state index in [4.69, 9.17) is 4.74 Å². The zero-order valence-corrected chi connectivity index (χ0v) is 9.58. The van der Waals surface area contributed by atoms with Gasteiger partial charge >= 0.3 is 0 Å². The van der Waals surface area contributed by atoms with Crippen molar-refractivity contribution < 1.29 is 14.5 Å². The quantitative estimate of drug-likeness (QED) is 0.463. The fourth-order valence-corrected chi connectivity index (χ4v) is 2.16. The van der Waals surface area contributed by atoms with E-state index in [9.17, 15) is 19.8 Å². The van der Waals surface area contributed by atoms with Gasteiger partial charge in [0.2, 0.25) is 0 Å². The number of nitrogens with zero attached hydrogens (tertiary/aromatic N) is 2. The number of benzene rings is 1. The molecule has 0 amide bonds. The van der Waals surface area contributed by atoms with E-state index in [2.05, 4.69) is 5.18 Å². The lowest BCUT2D eigenvalue weighted by molar-refractivity contribution is -0.385. The highest BCUT2D eigenvalue weighted by Gasteiger charge is 2.36. The molecule has 7 heteroatoms. The van der Waals surface area contributed by atoms with E-state index in [1.54, 1.807) is 0 Å². The molecule has 2 rings (SSSR count). The lowest BCUT2D eigenvalue weighted by atomic mass is 9.86. The van der Waals surface area contributed by atoms with Crippen LogP contribution < -0.4 is 4.74 Å². The molecule has 0 spiro atoms. The molecule has 1 aliphatic rings. The molecule has 1 aliphatic carbocycles. The van der Waals surface area contributed by atoms with E-state index in [0.29, 0.717) is 17.7 Å². The van der Waals surface area contributed by atoms with Crippen molar-refractivity contribution in [3.05, 3.63) is 38.3 Å². The van der Waals surface area contributed by atoms with Crippen LogP contribution in [0.25, 0.3) is 0 Å². The number of carbonyl (C=O) groups is 1. The summed E-state index contributed by atoms with van der Waals surface area (Å²) in [6.45, 7) is 0. The Morgan fingerprint density at radius 3 is 2.78 bits per heavy atom. The molecule has 94 valence electrons. The third-order valence-corrected chi connectivity index (χ3v) is 3.01. The fourth-order valence-electron chi connectivity index (χ4n) is 2.16. The molecule has 0 heterocycles. The molecule has 1 aromatic rings. The number of nitroso groups, excluding NO2 is 1. The molecule has 0 radical (unpaired) electrons. The van der Waals surface area contributed by atoms with Crippen LogP contribution >= 0.6 is 0 Å². The lowest BCUT2D eigenvalue weighted by Crippen LogP contribution is -2.27. The van der Waals surface area contributed by atoms with Crippen molar-refractivity contribution >= 4 is 11.5 Å². The summed E-state index contributed by atoms with van der Waals surface area (Å²) >= 11 is 0. The molecular weight excluding hydrogens is 240 g/mol. The molecular formula is C11H10N2O5. The Balaban J connectivity index is 2.67. The summed E-state index contributed by atoms with van der Waals surface area (Å²) in [4.78, 5) is 32.8. The zero-order valence-electron chi connectivity index (χ0n) is 9.58. The molecule has 0 bridgehead atoms. The number of carbonyl (C=O) groups excluding carboxylic acids is 1. The minimum atomic E-state index is -1.04. The van der Waals surface area contributed by atoms with Crippen molar-refractivity contribution in [3.63, 3.8) is 0 Å². The van der Waals surface area contributed by atoms with Crippen molar-refractivity contribution in [3.8, 4) is 5.75 Å². The van der Waals surface area contributed by atoms with Crippen LogP contribution in [0.3, 0.4) is 0 Å². The van der Waals surface area contributed by atoms with Crippen molar-refractivity contribution in [2.24, 2.45) is 5.18 Å².